The summed E-state index contributed by atoms with van der Waals surface area (Å²) in [6.45, 7) is 6.05. The average molecular weight is 405 g/mol. The zero-order valence-electron chi connectivity index (χ0n) is 15.4. The molecule has 10 heteroatoms. The summed E-state index contributed by atoms with van der Waals surface area (Å²) in [5.74, 6) is 0.501. The van der Waals surface area contributed by atoms with Gasteiger partial charge in [-0.05, 0) is 30.7 Å². The molecule has 4 rings (SSSR count). The van der Waals surface area contributed by atoms with E-state index in [0.29, 0.717) is 21.3 Å². The summed E-state index contributed by atoms with van der Waals surface area (Å²) in [6, 6.07) is 0. The van der Waals surface area contributed by atoms with Gasteiger partial charge in [-0.15, -0.1) is 26.6 Å². The average Bonchev–Trinajstić information content (AvgIpc) is 3.21. The van der Waals surface area contributed by atoms with Crippen molar-refractivity contribution in [1.82, 2.24) is 25.2 Å². The number of thiophene rings is 1. The fourth-order valence-corrected chi connectivity index (χ4v) is 5.29. The van der Waals surface area contributed by atoms with Crippen LogP contribution >= 0.6 is 22.7 Å². The van der Waals surface area contributed by atoms with Crippen LogP contribution in [0, 0.1) is 5.92 Å². The Balaban J connectivity index is 1.57. The van der Waals surface area contributed by atoms with Crippen molar-refractivity contribution in [1.29, 1.82) is 0 Å². The van der Waals surface area contributed by atoms with Gasteiger partial charge in [0.15, 0.2) is 4.83 Å². The van der Waals surface area contributed by atoms with Crippen molar-refractivity contribution in [3.63, 3.8) is 0 Å². The maximum absolute atomic E-state index is 12.9. The van der Waals surface area contributed by atoms with Gasteiger partial charge in [0.05, 0.1) is 5.39 Å². The first-order chi connectivity index (χ1) is 12.9. The second-order valence-electron chi connectivity index (χ2n) is 7.23. The molecule has 1 atom stereocenters. The normalized spacial score (nSPS) is 16.7. The molecule has 1 aliphatic carbocycles. The Hall–Kier alpha value is -2.20. The molecule has 0 saturated carbocycles. The summed E-state index contributed by atoms with van der Waals surface area (Å²) in [4.78, 5) is 27.1. The van der Waals surface area contributed by atoms with E-state index in [1.54, 1.807) is 11.3 Å². The summed E-state index contributed by atoms with van der Waals surface area (Å²) in [5.41, 5.74) is 0.843. The Morgan fingerprint density at radius 3 is 2.85 bits per heavy atom. The van der Waals surface area contributed by atoms with E-state index in [-0.39, 0.29) is 23.9 Å². The Bertz CT molecular complexity index is 1070. The van der Waals surface area contributed by atoms with Crippen LogP contribution in [0.5, 0.6) is 0 Å². The molecule has 0 spiro atoms. The molecule has 0 bridgehead atoms. The number of hydrogen-bond acceptors (Lipinski definition) is 8. The topological polar surface area (TPSA) is 103 Å². The zero-order valence-corrected chi connectivity index (χ0v) is 17.0. The van der Waals surface area contributed by atoms with Gasteiger partial charge in [-0.2, -0.15) is 0 Å². The molecule has 0 aliphatic heterocycles. The van der Waals surface area contributed by atoms with Crippen molar-refractivity contribution in [3.05, 3.63) is 25.8 Å². The highest BCUT2D eigenvalue weighted by atomic mass is 32.1. The molecule has 27 heavy (non-hydrogen) atoms. The maximum atomic E-state index is 12.9. The smallest absolute Gasteiger partial charge is 0.279 e. The molecule has 3 heterocycles. The molecule has 142 valence electrons. The summed E-state index contributed by atoms with van der Waals surface area (Å²) >= 11 is 2.88. The Morgan fingerprint density at radius 1 is 1.30 bits per heavy atom. The van der Waals surface area contributed by atoms with Crippen molar-refractivity contribution in [2.75, 3.05) is 5.32 Å². The molecule has 1 unspecified atom stereocenters. The highest BCUT2D eigenvalue weighted by Gasteiger charge is 2.24. The van der Waals surface area contributed by atoms with Crippen LogP contribution in [0.15, 0.2) is 4.79 Å². The van der Waals surface area contributed by atoms with Gasteiger partial charge >= 0.3 is 0 Å². The van der Waals surface area contributed by atoms with E-state index >= 15 is 0 Å². The lowest BCUT2D eigenvalue weighted by molar-refractivity contribution is -0.117. The zero-order chi connectivity index (χ0) is 19.1. The second kappa shape index (κ2) is 7.08. The first-order valence-corrected chi connectivity index (χ1v) is 10.6. The molecule has 8 nitrogen and oxygen atoms in total. The van der Waals surface area contributed by atoms with Crippen LogP contribution in [0.4, 0.5) is 5.13 Å². The number of aryl methyl sites for hydroxylation is 1. The Labute approximate surface area is 163 Å². The van der Waals surface area contributed by atoms with E-state index in [1.165, 1.54) is 16.2 Å². The number of amides is 1. The van der Waals surface area contributed by atoms with Crippen molar-refractivity contribution >= 4 is 43.9 Å². The molecule has 0 aromatic carbocycles. The summed E-state index contributed by atoms with van der Waals surface area (Å²) in [5, 5.41) is 20.7. The number of anilines is 1. The predicted molar refractivity (Wildman–Crippen MR) is 105 cm³/mol. The Morgan fingerprint density at radius 2 is 2.11 bits per heavy atom. The molecular formula is C17H20N6O2S2. The van der Waals surface area contributed by atoms with Crippen LogP contribution in [0.25, 0.3) is 10.2 Å². The monoisotopic (exact) mass is 404 g/mol. The number of nitrogens with zero attached hydrogens (tertiary/aromatic N) is 5. The molecule has 0 radical (unpaired) electrons. The van der Waals surface area contributed by atoms with E-state index in [4.69, 9.17) is 0 Å². The highest BCUT2D eigenvalue weighted by Crippen LogP contribution is 2.35. The number of fused-ring (bicyclic) bond motifs is 3. The first kappa shape index (κ1) is 18.2. The van der Waals surface area contributed by atoms with E-state index < -0.39 is 0 Å². The third-order valence-electron chi connectivity index (χ3n) is 4.66. The van der Waals surface area contributed by atoms with Crippen LogP contribution in [-0.2, 0) is 24.2 Å². The second-order valence-corrected chi connectivity index (χ2v) is 9.33. The first-order valence-electron chi connectivity index (χ1n) is 8.93. The van der Waals surface area contributed by atoms with Crippen molar-refractivity contribution in [3.8, 4) is 0 Å². The number of aromatic nitrogens is 5. The van der Waals surface area contributed by atoms with Gasteiger partial charge in [-0.25, -0.2) is 4.68 Å². The molecule has 1 amide bonds. The van der Waals surface area contributed by atoms with Gasteiger partial charge in [0.2, 0.25) is 11.0 Å². The van der Waals surface area contributed by atoms with E-state index in [0.717, 1.165) is 34.5 Å². The van der Waals surface area contributed by atoms with Crippen molar-refractivity contribution in [2.45, 2.75) is 52.5 Å². The number of carbonyl (C=O) groups is 1. The van der Waals surface area contributed by atoms with Crippen LogP contribution in [0.1, 0.15) is 48.6 Å². The van der Waals surface area contributed by atoms with Gasteiger partial charge in [0.1, 0.15) is 11.6 Å². The summed E-state index contributed by atoms with van der Waals surface area (Å²) < 4.78 is 1.13. The highest BCUT2D eigenvalue weighted by molar-refractivity contribution is 7.18. The lowest BCUT2D eigenvalue weighted by Gasteiger charge is -2.17. The molecular weight excluding hydrogens is 384 g/mol. The maximum Gasteiger partial charge on any atom is 0.279 e. The molecule has 1 N–H and O–H groups in total. The van der Waals surface area contributed by atoms with Gasteiger partial charge in [-0.3, -0.25) is 14.9 Å². The minimum absolute atomic E-state index is 0.195. The molecule has 0 saturated heterocycles. The van der Waals surface area contributed by atoms with Gasteiger partial charge in [0.25, 0.3) is 5.56 Å². The van der Waals surface area contributed by atoms with Crippen LogP contribution in [0.2, 0.25) is 0 Å². The quantitative estimate of drug-likeness (QED) is 0.717. The van der Waals surface area contributed by atoms with Gasteiger partial charge in [-0.1, -0.05) is 37.3 Å². The fraction of sp³-hybridized carbons (Fsp3) is 0.529. The van der Waals surface area contributed by atoms with Crippen LogP contribution < -0.4 is 10.9 Å². The van der Waals surface area contributed by atoms with Crippen LogP contribution in [-0.4, -0.2) is 31.1 Å². The van der Waals surface area contributed by atoms with Crippen LogP contribution in [0.3, 0.4) is 0 Å². The van der Waals surface area contributed by atoms with Crippen molar-refractivity contribution in [2.24, 2.45) is 5.92 Å². The largest absolute Gasteiger partial charge is 0.299 e. The summed E-state index contributed by atoms with van der Waals surface area (Å²) in [6.07, 6.45) is 2.92. The van der Waals surface area contributed by atoms with Gasteiger partial charge in [0, 0.05) is 10.8 Å². The third kappa shape index (κ3) is 3.51. The lowest BCUT2D eigenvalue weighted by Crippen LogP contribution is -2.30. The SMILES string of the molecule is CC1CCc2c(sc3nnn(CC(=O)Nc4nnc(C(C)C)s4)c(=O)c23)C1. The number of carbonyl (C=O) groups excluding carboxylic acids is 1. The Kier molecular flexibility index (Phi) is 4.77. The number of rotatable bonds is 4. The molecule has 3 aromatic heterocycles. The molecule has 0 fully saturated rings. The standard InChI is InChI=1S/C17H20N6O2S2/c1-8(2)14-19-21-17(27-14)18-12(24)7-23-16(25)13-10-5-4-9(3)6-11(10)26-15(13)20-22-23/h8-9H,4-7H2,1-3H3,(H,18,21,24). The lowest BCUT2D eigenvalue weighted by atomic mass is 9.89. The van der Waals surface area contributed by atoms with E-state index in [9.17, 15) is 9.59 Å². The van der Waals surface area contributed by atoms with Crippen molar-refractivity contribution < 1.29 is 4.79 Å². The minimum Gasteiger partial charge on any atom is -0.299 e. The minimum atomic E-state index is -0.366. The van der Waals surface area contributed by atoms with E-state index in [2.05, 4.69) is 32.7 Å². The predicted octanol–water partition coefficient (Wildman–Crippen LogP) is 2.59. The molecule has 1 aliphatic rings. The number of nitrogens with one attached hydrogen (secondary N) is 1. The van der Waals surface area contributed by atoms with E-state index in [1.807, 2.05) is 13.8 Å². The number of hydrogen-bond donors (Lipinski definition) is 1. The third-order valence-corrected chi connectivity index (χ3v) is 6.94. The summed E-state index contributed by atoms with van der Waals surface area (Å²) in [7, 11) is 0. The fourth-order valence-electron chi connectivity index (χ4n) is 3.21. The molecule has 3 aromatic rings. The van der Waals surface area contributed by atoms with Gasteiger partial charge < -0.3 is 0 Å².